The topological polar surface area (TPSA) is 70.6 Å². The average molecular weight is 433 g/mol. The van der Waals surface area contributed by atoms with Crippen molar-refractivity contribution in [1.82, 2.24) is 5.32 Å². The Hall–Kier alpha value is -1.89. The zero-order chi connectivity index (χ0) is 19.6. The molecule has 2 aromatic carbocycles. The van der Waals surface area contributed by atoms with Crippen molar-refractivity contribution in [3.8, 4) is 5.75 Å². The highest BCUT2D eigenvalue weighted by atomic mass is 79.9. The Morgan fingerprint density at radius 2 is 2.07 bits per heavy atom. The van der Waals surface area contributed by atoms with Gasteiger partial charge in [-0.15, -0.1) is 0 Å². The van der Waals surface area contributed by atoms with Crippen LogP contribution in [-0.2, 0) is 10.2 Å². The third kappa shape index (κ3) is 3.88. The van der Waals surface area contributed by atoms with Crippen molar-refractivity contribution in [2.45, 2.75) is 37.8 Å². The van der Waals surface area contributed by atoms with Gasteiger partial charge >= 0.3 is 0 Å². The summed E-state index contributed by atoms with van der Waals surface area (Å²) in [6.45, 7) is 4.60. The predicted octanol–water partition coefficient (Wildman–Crippen LogP) is 3.77. The van der Waals surface area contributed by atoms with E-state index in [1.807, 2.05) is 36.4 Å². The molecule has 1 fully saturated rings. The predicted molar refractivity (Wildman–Crippen MR) is 110 cm³/mol. The maximum absolute atomic E-state index is 13.5. The number of carbonyl (C=O) groups is 1. The van der Waals surface area contributed by atoms with Gasteiger partial charge in [0.1, 0.15) is 12.0 Å². The van der Waals surface area contributed by atoms with Crippen LogP contribution in [0.25, 0.3) is 0 Å². The van der Waals surface area contributed by atoms with E-state index in [0.717, 1.165) is 15.6 Å². The quantitative estimate of drug-likeness (QED) is 0.672. The number of methoxy groups -OCH3 is 1. The summed E-state index contributed by atoms with van der Waals surface area (Å²) in [5.74, 6) is 0.697. The summed E-state index contributed by atoms with van der Waals surface area (Å²) in [5.41, 5.74) is 1.83. The van der Waals surface area contributed by atoms with Gasteiger partial charge in [-0.3, -0.25) is 10.1 Å². The van der Waals surface area contributed by atoms with Crippen molar-refractivity contribution >= 4 is 27.5 Å². The summed E-state index contributed by atoms with van der Waals surface area (Å²) in [6.07, 6.45) is -0.399. The highest BCUT2D eigenvalue weighted by Gasteiger charge is 2.47. The molecule has 0 radical (unpaired) electrons. The zero-order valence-corrected chi connectivity index (χ0v) is 17.3. The highest BCUT2D eigenvalue weighted by molar-refractivity contribution is 9.10. The van der Waals surface area contributed by atoms with Crippen LogP contribution >= 0.6 is 15.9 Å². The van der Waals surface area contributed by atoms with Gasteiger partial charge < -0.3 is 15.2 Å². The number of aliphatic hydroxyl groups excluding tert-OH is 1. The molecule has 27 heavy (non-hydrogen) atoms. The maximum Gasteiger partial charge on any atom is 0.236 e. The van der Waals surface area contributed by atoms with E-state index < -0.39 is 11.6 Å². The van der Waals surface area contributed by atoms with E-state index in [2.05, 4.69) is 46.5 Å². The first-order chi connectivity index (χ1) is 12.9. The summed E-state index contributed by atoms with van der Waals surface area (Å²) in [6, 6.07) is 13.5. The Balaban J connectivity index is 2.03. The van der Waals surface area contributed by atoms with E-state index in [-0.39, 0.29) is 11.8 Å². The number of nitrogens with one attached hydrogen (secondary N) is 2. The van der Waals surface area contributed by atoms with E-state index in [4.69, 9.17) is 4.74 Å². The highest BCUT2D eigenvalue weighted by Crippen LogP contribution is 2.39. The average Bonchev–Trinajstić information content (AvgIpc) is 3.06. The van der Waals surface area contributed by atoms with Crippen molar-refractivity contribution in [2.24, 2.45) is 0 Å². The molecule has 0 aliphatic carbocycles. The van der Waals surface area contributed by atoms with Gasteiger partial charge in [0.05, 0.1) is 18.2 Å². The van der Waals surface area contributed by atoms with Gasteiger partial charge in [0.2, 0.25) is 5.91 Å². The minimum absolute atomic E-state index is 0.153. The molecule has 2 atom stereocenters. The van der Waals surface area contributed by atoms with E-state index in [1.165, 1.54) is 0 Å². The lowest BCUT2D eigenvalue weighted by atomic mass is 9.74. The van der Waals surface area contributed by atoms with Crippen LogP contribution in [0, 0.1) is 0 Å². The minimum Gasteiger partial charge on any atom is -0.495 e. The summed E-state index contributed by atoms with van der Waals surface area (Å²) in [5, 5.41) is 16.2. The van der Waals surface area contributed by atoms with E-state index >= 15 is 0 Å². The smallest absolute Gasteiger partial charge is 0.236 e. The van der Waals surface area contributed by atoms with Crippen LogP contribution in [-0.4, -0.2) is 30.9 Å². The number of halogens is 1. The molecule has 1 aliphatic heterocycles. The van der Waals surface area contributed by atoms with Crippen LogP contribution in [0.2, 0.25) is 0 Å². The molecule has 0 saturated carbocycles. The fourth-order valence-corrected chi connectivity index (χ4v) is 4.05. The Morgan fingerprint density at radius 3 is 2.70 bits per heavy atom. The van der Waals surface area contributed by atoms with Crippen LogP contribution in [0.1, 0.15) is 37.3 Å². The number of rotatable bonds is 5. The Morgan fingerprint density at radius 1 is 1.33 bits per heavy atom. The number of benzene rings is 2. The van der Waals surface area contributed by atoms with Crippen molar-refractivity contribution in [3.05, 3.63) is 58.1 Å². The molecule has 1 saturated heterocycles. The molecule has 2 unspecified atom stereocenters. The zero-order valence-electron chi connectivity index (χ0n) is 15.8. The molecule has 2 aromatic rings. The van der Waals surface area contributed by atoms with Gasteiger partial charge in [-0.1, -0.05) is 54.0 Å². The molecule has 5 nitrogen and oxygen atoms in total. The number of ether oxygens (including phenoxy) is 1. The fourth-order valence-electron chi connectivity index (χ4n) is 3.71. The molecular weight excluding hydrogens is 408 g/mol. The molecule has 1 amide bonds. The van der Waals surface area contributed by atoms with Crippen molar-refractivity contribution in [1.29, 1.82) is 0 Å². The normalized spacial score (nSPS) is 22.1. The first-order valence-electron chi connectivity index (χ1n) is 9.03. The van der Waals surface area contributed by atoms with Gasteiger partial charge in [-0.2, -0.15) is 0 Å². The third-order valence-corrected chi connectivity index (χ3v) is 5.62. The number of carbonyl (C=O) groups excluding carboxylic acids is 1. The molecular formula is C21H25BrN2O3. The summed E-state index contributed by atoms with van der Waals surface area (Å²) in [4.78, 5) is 13.5. The van der Waals surface area contributed by atoms with Crippen molar-refractivity contribution < 1.29 is 14.6 Å². The van der Waals surface area contributed by atoms with Crippen molar-refractivity contribution in [2.75, 3.05) is 19.0 Å². The van der Waals surface area contributed by atoms with Crippen molar-refractivity contribution in [3.63, 3.8) is 0 Å². The molecule has 0 bridgehead atoms. The van der Waals surface area contributed by atoms with Gasteiger partial charge in [0.15, 0.2) is 0 Å². The van der Waals surface area contributed by atoms with Gasteiger partial charge in [0.25, 0.3) is 0 Å². The summed E-state index contributed by atoms with van der Waals surface area (Å²) in [7, 11) is 1.57. The molecule has 1 aliphatic rings. The Labute approximate surface area is 168 Å². The van der Waals surface area contributed by atoms with E-state index in [9.17, 15) is 9.90 Å². The first-order valence-corrected chi connectivity index (χ1v) is 9.82. The molecule has 1 heterocycles. The van der Waals surface area contributed by atoms with E-state index in [1.54, 1.807) is 7.11 Å². The molecule has 3 rings (SSSR count). The lowest BCUT2D eigenvalue weighted by Crippen LogP contribution is -2.43. The standard InChI is InChI=1S/C21H25BrN2O3/c1-13(2)15-6-4-5-7-16(15)21(11-19(25)23-12-21)20(26)24-17-9-8-14(22)10-18(17)27-3/h4-10,13,19,23,25H,11-12H2,1-3H3,(H,24,26). The largest absolute Gasteiger partial charge is 0.495 e. The number of anilines is 1. The van der Waals surface area contributed by atoms with Crippen LogP contribution in [0.5, 0.6) is 5.75 Å². The number of aliphatic hydroxyl groups is 1. The third-order valence-electron chi connectivity index (χ3n) is 5.13. The molecule has 6 heteroatoms. The van der Waals surface area contributed by atoms with Crippen LogP contribution in [0.15, 0.2) is 46.9 Å². The number of hydrogen-bond donors (Lipinski definition) is 3. The minimum atomic E-state index is -0.849. The fraction of sp³-hybridized carbons (Fsp3) is 0.381. The lowest BCUT2D eigenvalue weighted by Gasteiger charge is -2.31. The van der Waals surface area contributed by atoms with Gasteiger partial charge in [-0.05, 0) is 35.2 Å². The summed E-state index contributed by atoms with van der Waals surface area (Å²) < 4.78 is 6.27. The summed E-state index contributed by atoms with van der Waals surface area (Å²) >= 11 is 3.41. The van der Waals surface area contributed by atoms with Crippen LogP contribution in [0.4, 0.5) is 5.69 Å². The van der Waals surface area contributed by atoms with Gasteiger partial charge in [0, 0.05) is 17.4 Å². The molecule has 0 spiro atoms. The van der Waals surface area contributed by atoms with Crippen LogP contribution < -0.4 is 15.4 Å². The first kappa shape index (κ1) is 19.9. The molecule has 0 aromatic heterocycles. The Kier molecular flexibility index (Phi) is 5.89. The second-order valence-electron chi connectivity index (χ2n) is 7.22. The second-order valence-corrected chi connectivity index (χ2v) is 8.14. The SMILES string of the molecule is COc1cc(Br)ccc1NC(=O)C1(c2ccccc2C(C)C)CNC(O)C1. The maximum atomic E-state index is 13.5. The molecule has 144 valence electrons. The molecule has 3 N–H and O–H groups in total. The number of amides is 1. The second kappa shape index (κ2) is 8.00. The monoisotopic (exact) mass is 432 g/mol. The van der Waals surface area contributed by atoms with Crippen LogP contribution in [0.3, 0.4) is 0 Å². The lowest BCUT2D eigenvalue weighted by molar-refractivity contribution is -0.121. The Bertz CT molecular complexity index is 840. The van der Waals surface area contributed by atoms with E-state index in [0.29, 0.717) is 24.4 Å². The number of hydrogen-bond acceptors (Lipinski definition) is 4. The van der Waals surface area contributed by atoms with Gasteiger partial charge in [-0.25, -0.2) is 0 Å².